The second kappa shape index (κ2) is 8.73. The second-order valence-corrected chi connectivity index (χ2v) is 7.95. The maximum atomic E-state index is 12.3. The van der Waals surface area contributed by atoms with Crippen LogP contribution < -0.4 is 9.46 Å². The standard InChI is InChI=1S/C17H17Cl2NO5S/c1-11(20-26(22,23)15-6-3-13(18)4-7-15)17(21)25-10-12-9-14(19)5-8-16(12)24-2/h3-9,11,20H,10H2,1-2H3/t11-/m0/s1. The number of carbonyl (C=O) groups is 1. The van der Waals surface area contributed by atoms with Gasteiger partial charge in [-0.2, -0.15) is 4.72 Å². The Hall–Kier alpha value is -1.80. The van der Waals surface area contributed by atoms with Crippen molar-refractivity contribution < 1.29 is 22.7 Å². The van der Waals surface area contributed by atoms with Gasteiger partial charge in [0.25, 0.3) is 0 Å². The lowest BCUT2D eigenvalue weighted by Crippen LogP contribution is -2.39. The first-order valence-corrected chi connectivity index (χ1v) is 9.74. The molecule has 0 saturated carbocycles. The molecule has 26 heavy (non-hydrogen) atoms. The quantitative estimate of drug-likeness (QED) is 0.697. The first kappa shape index (κ1) is 20.5. The number of carbonyl (C=O) groups excluding carboxylic acids is 1. The Balaban J connectivity index is 2.01. The summed E-state index contributed by atoms with van der Waals surface area (Å²) >= 11 is 11.7. The van der Waals surface area contributed by atoms with E-state index in [2.05, 4.69) is 4.72 Å². The molecule has 140 valence electrons. The van der Waals surface area contributed by atoms with Gasteiger partial charge >= 0.3 is 5.97 Å². The van der Waals surface area contributed by atoms with E-state index in [9.17, 15) is 13.2 Å². The maximum absolute atomic E-state index is 12.3. The van der Waals surface area contributed by atoms with E-state index in [1.165, 1.54) is 38.3 Å². The summed E-state index contributed by atoms with van der Waals surface area (Å²) in [6.07, 6.45) is 0. The number of benzene rings is 2. The van der Waals surface area contributed by atoms with Crippen molar-refractivity contribution in [2.75, 3.05) is 7.11 Å². The lowest BCUT2D eigenvalue weighted by Gasteiger charge is -2.15. The van der Waals surface area contributed by atoms with Gasteiger partial charge in [0.2, 0.25) is 10.0 Å². The van der Waals surface area contributed by atoms with Crippen LogP contribution >= 0.6 is 23.2 Å². The highest BCUT2D eigenvalue weighted by Crippen LogP contribution is 2.23. The lowest BCUT2D eigenvalue weighted by molar-refractivity contribution is -0.146. The highest BCUT2D eigenvalue weighted by Gasteiger charge is 2.23. The van der Waals surface area contributed by atoms with Crippen LogP contribution in [0, 0.1) is 0 Å². The van der Waals surface area contributed by atoms with E-state index in [4.69, 9.17) is 32.7 Å². The third-order valence-corrected chi connectivity index (χ3v) is 5.47. The molecule has 0 amide bonds. The molecule has 0 aliphatic heterocycles. The minimum absolute atomic E-state index is 0.00180. The molecule has 2 rings (SSSR count). The van der Waals surface area contributed by atoms with E-state index >= 15 is 0 Å². The normalized spacial score (nSPS) is 12.5. The largest absolute Gasteiger partial charge is 0.496 e. The zero-order valence-electron chi connectivity index (χ0n) is 14.0. The third-order valence-electron chi connectivity index (χ3n) is 3.42. The van der Waals surface area contributed by atoms with Crippen LogP contribution in [0.5, 0.6) is 5.75 Å². The fraction of sp³-hybridized carbons (Fsp3) is 0.235. The number of esters is 1. The molecule has 0 bridgehead atoms. The Morgan fingerprint density at radius 3 is 2.35 bits per heavy atom. The van der Waals surface area contributed by atoms with E-state index < -0.39 is 22.0 Å². The van der Waals surface area contributed by atoms with Gasteiger partial charge in [-0.3, -0.25) is 4.79 Å². The molecule has 0 spiro atoms. The van der Waals surface area contributed by atoms with Crippen molar-refractivity contribution in [2.45, 2.75) is 24.5 Å². The summed E-state index contributed by atoms with van der Waals surface area (Å²) in [5.41, 5.74) is 0.570. The van der Waals surface area contributed by atoms with E-state index in [0.29, 0.717) is 21.4 Å². The zero-order chi connectivity index (χ0) is 19.3. The number of halogens is 2. The molecule has 2 aromatic carbocycles. The summed E-state index contributed by atoms with van der Waals surface area (Å²) in [7, 11) is -2.40. The molecule has 0 saturated heterocycles. The highest BCUT2D eigenvalue weighted by molar-refractivity contribution is 7.89. The molecule has 6 nitrogen and oxygen atoms in total. The number of ether oxygens (including phenoxy) is 2. The molecular formula is C17H17Cl2NO5S. The minimum atomic E-state index is -3.88. The van der Waals surface area contributed by atoms with Crippen molar-refractivity contribution in [1.29, 1.82) is 0 Å². The molecule has 1 atom stereocenters. The van der Waals surface area contributed by atoms with Gasteiger partial charge in [-0.15, -0.1) is 0 Å². The van der Waals surface area contributed by atoms with Gasteiger partial charge < -0.3 is 9.47 Å². The van der Waals surface area contributed by atoms with Gasteiger partial charge in [-0.1, -0.05) is 23.2 Å². The fourth-order valence-corrected chi connectivity index (χ4v) is 3.61. The van der Waals surface area contributed by atoms with Crippen molar-refractivity contribution in [1.82, 2.24) is 4.72 Å². The van der Waals surface area contributed by atoms with Crippen molar-refractivity contribution >= 4 is 39.2 Å². The predicted molar refractivity (Wildman–Crippen MR) is 99.0 cm³/mol. The topological polar surface area (TPSA) is 81.7 Å². The Bertz CT molecular complexity index is 885. The monoisotopic (exact) mass is 417 g/mol. The molecule has 0 heterocycles. The predicted octanol–water partition coefficient (Wildman–Crippen LogP) is 3.41. The SMILES string of the molecule is COc1ccc(Cl)cc1COC(=O)[C@H](C)NS(=O)(=O)c1ccc(Cl)cc1. The summed E-state index contributed by atoms with van der Waals surface area (Å²) in [5, 5.41) is 0.875. The van der Waals surface area contributed by atoms with E-state index in [1.807, 2.05) is 0 Å². The summed E-state index contributed by atoms with van der Waals surface area (Å²) in [6.45, 7) is 1.29. The van der Waals surface area contributed by atoms with Crippen LogP contribution in [0.3, 0.4) is 0 Å². The summed E-state index contributed by atoms with van der Waals surface area (Å²) < 4.78 is 37.2. The van der Waals surface area contributed by atoms with Gasteiger partial charge in [0.05, 0.1) is 12.0 Å². The first-order valence-electron chi connectivity index (χ1n) is 7.50. The average molecular weight is 418 g/mol. The van der Waals surface area contributed by atoms with E-state index in [1.54, 1.807) is 18.2 Å². The number of nitrogens with one attached hydrogen (secondary N) is 1. The van der Waals surface area contributed by atoms with Crippen LogP contribution in [-0.4, -0.2) is 27.5 Å². The molecule has 0 fully saturated rings. The van der Waals surface area contributed by atoms with E-state index in [-0.39, 0.29) is 11.5 Å². The van der Waals surface area contributed by atoms with Crippen LogP contribution in [0.15, 0.2) is 47.4 Å². The first-order chi connectivity index (χ1) is 12.2. The number of methoxy groups -OCH3 is 1. The molecular weight excluding hydrogens is 401 g/mol. The molecule has 0 aromatic heterocycles. The smallest absolute Gasteiger partial charge is 0.324 e. The van der Waals surface area contributed by atoms with Gasteiger partial charge in [0, 0.05) is 15.6 Å². The summed E-state index contributed by atoms with van der Waals surface area (Å²) in [5.74, 6) is -0.221. The zero-order valence-corrected chi connectivity index (χ0v) is 16.4. The maximum Gasteiger partial charge on any atom is 0.324 e. The van der Waals surface area contributed by atoms with Gasteiger partial charge in [-0.25, -0.2) is 8.42 Å². The Labute approximate surface area is 162 Å². The Morgan fingerprint density at radius 2 is 1.73 bits per heavy atom. The lowest BCUT2D eigenvalue weighted by atomic mass is 10.2. The van der Waals surface area contributed by atoms with Crippen molar-refractivity contribution in [3.63, 3.8) is 0 Å². The van der Waals surface area contributed by atoms with E-state index in [0.717, 1.165) is 0 Å². The van der Waals surface area contributed by atoms with Crippen molar-refractivity contribution in [3.8, 4) is 5.75 Å². The molecule has 0 radical (unpaired) electrons. The summed E-state index contributed by atoms with van der Waals surface area (Å²) in [4.78, 5) is 12.1. The van der Waals surface area contributed by atoms with Crippen LogP contribution in [0.1, 0.15) is 12.5 Å². The highest BCUT2D eigenvalue weighted by atomic mass is 35.5. The van der Waals surface area contributed by atoms with Crippen LogP contribution in [-0.2, 0) is 26.2 Å². The average Bonchev–Trinajstić information content (AvgIpc) is 2.59. The van der Waals surface area contributed by atoms with Crippen LogP contribution in [0.25, 0.3) is 0 Å². The van der Waals surface area contributed by atoms with Crippen LogP contribution in [0.4, 0.5) is 0 Å². The summed E-state index contributed by atoms with van der Waals surface area (Å²) in [6, 6.07) is 9.41. The van der Waals surface area contributed by atoms with Crippen molar-refractivity contribution in [3.05, 3.63) is 58.1 Å². The molecule has 0 aliphatic carbocycles. The molecule has 9 heteroatoms. The number of sulfonamides is 1. The van der Waals surface area contributed by atoms with Crippen molar-refractivity contribution in [2.24, 2.45) is 0 Å². The third kappa shape index (κ3) is 5.35. The Morgan fingerprint density at radius 1 is 1.12 bits per heavy atom. The number of hydrogen-bond donors (Lipinski definition) is 1. The second-order valence-electron chi connectivity index (χ2n) is 5.36. The van der Waals surface area contributed by atoms with Gasteiger partial charge in [0.15, 0.2) is 0 Å². The Kier molecular flexibility index (Phi) is 6.88. The minimum Gasteiger partial charge on any atom is -0.496 e. The van der Waals surface area contributed by atoms with Gasteiger partial charge in [-0.05, 0) is 49.4 Å². The number of rotatable bonds is 7. The molecule has 0 aliphatic rings. The number of hydrogen-bond acceptors (Lipinski definition) is 5. The van der Waals surface area contributed by atoms with Crippen LogP contribution in [0.2, 0.25) is 10.0 Å². The molecule has 0 unspecified atom stereocenters. The fourth-order valence-electron chi connectivity index (χ4n) is 2.10. The molecule has 1 N–H and O–H groups in total. The van der Waals surface area contributed by atoms with Gasteiger partial charge in [0.1, 0.15) is 18.4 Å². The molecule has 2 aromatic rings.